The van der Waals surface area contributed by atoms with Crippen molar-refractivity contribution in [2.45, 2.75) is 19.9 Å². The maximum Gasteiger partial charge on any atom is 0.247 e. The first-order valence-corrected chi connectivity index (χ1v) is 9.64. The maximum atomic E-state index is 13.2. The molecular weight excluding hydrogens is 367 g/mol. The van der Waals surface area contributed by atoms with Gasteiger partial charge < -0.3 is 5.32 Å². The Kier molecular flexibility index (Phi) is 5.69. The van der Waals surface area contributed by atoms with Crippen LogP contribution in [0.3, 0.4) is 0 Å². The monoisotopic (exact) mass is 384 g/mol. The Hall–Kier alpha value is -2.12. The molecule has 0 bridgehead atoms. The molecule has 0 aliphatic heterocycles. The summed E-state index contributed by atoms with van der Waals surface area (Å²) < 4.78 is 38.7. The Morgan fingerprint density at radius 1 is 1.24 bits per heavy atom. The molecule has 0 saturated carbocycles. The molecule has 0 aliphatic carbocycles. The summed E-state index contributed by atoms with van der Waals surface area (Å²) in [6.45, 7) is 3.30. The first-order valence-electron chi connectivity index (χ1n) is 7.41. The molecule has 1 N–H and O–H groups in total. The van der Waals surface area contributed by atoms with E-state index in [0.29, 0.717) is 5.69 Å². The highest BCUT2D eigenvalue weighted by Gasteiger charge is 2.29. The second-order valence-electron chi connectivity index (χ2n) is 5.69. The Bertz CT molecular complexity index is 903. The van der Waals surface area contributed by atoms with Crippen LogP contribution < -0.4 is 9.62 Å². The summed E-state index contributed by atoms with van der Waals surface area (Å²) in [6, 6.07) is 9.56. The fourth-order valence-corrected chi connectivity index (χ4v) is 3.74. The van der Waals surface area contributed by atoms with E-state index in [1.165, 1.54) is 19.1 Å². The standard InChI is InChI=1S/C17H18ClFN2O3S/c1-11-5-4-6-14(9-11)21(25(3,23)24)12(2)17(22)20-13-7-8-16(19)15(18)10-13/h4-10,12H,1-3H3,(H,20,22)/t12-/m0/s1. The molecule has 8 heteroatoms. The number of halogens is 2. The highest BCUT2D eigenvalue weighted by Crippen LogP contribution is 2.24. The summed E-state index contributed by atoms with van der Waals surface area (Å²) in [6.07, 6.45) is 1.04. The van der Waals surface area contributed by atoms with E-state index in [1.54, 1.807) is 18.2 Å². The van der Waals surface area contributed by atoms with Crippen LogP contribution in [0.1, 0.15) is 12.5 Å². The molecule has 0 radical (unpaired) electrons. The Morgan fingerprint density at radius 2 is 1.92 bits per heavy atom. The lowest BCUT2D eigenvalue weighted by atomic mass is 10.2. The highest BCUT2D eigenvalue weighted by atomic mass is 35.5. The van der Waals surface area contributed by atoms with Gasteiger partial charge in [0.1, 0.15) is 11.9 Å². The molecule has 134 valence electrons. The van der Waals surface area contributed by atoms with Gasteiger partial charge in [0.05, 0.1) is 17.0 Å². The van der Waals surface area contributed by atoms with Crippen molar-refractivity contribution < 1.29 is 17.6 Å². The van der Waals surface area contributed by atoms with Gasteiger partial charge in [0.2, 0.25) is 15.9 Å². The fraction of sp³-hybridized carbons (Fsp3) is 0.235. The number of aryl methyl sites for hydroxylation is 1. The molecule has 0 heterocycles. The van der Waals surface area contributed by atoms with E-state index in [1.807, 2.05) is 13.0 Å². The molecule has 0 saturated heterocycles. The van der Waals surface area contributed by atoms with Crippen LogP contribution in [0, 0.1) is 12.7 Å². The van der Waals surface area contributed by atoms with Crippen LogP contribution in [0.15, 0.2) is 42.5 Å². The number of hydrogen-bond donors (Lipinski definition) is 1. The second kappa shape index (κ2) is 7.41. The van der Waals surface area contributed by atoms with Crippen molar-refractivity contribution in [1.82, 2.24) is 0 Å². The van der Waals surface area contributed by atoms with E-state index < -0.39 is 27.8 Å². The Balaban J connectivity index is 2.31. The van der Waals surface area contributed by atoms with Gasteiger partial charge in [-0.15, -0.1) is 0 Å². The molecule has 0 spiro atoms. The Labute approximate surface area is 151 Å². The summed E-state index contributed by atoms with van der Waals surface area (Å²) in [5.41, 5.74) is 1.53. The Morgan fingerprint density at radius 3 is 2.48 bits per heavy atom. The number of rotatable bonds is 5. The third kappa shape index (κ3) is 4.70. The van der Waals surface area contributed by atoms with Crippen molar-refractivity contribution in [2.75, 3.05) is 15.9 Å². The molecule has 0 fully saturated rings. The molecule has 25 heavy (non-hydrogen) atoms. The van der Waals surface area contributed by atoms with Crippen LogP contribution in [-0.2, 0) is 14.8 Å². The van der Waals surface area contributed by atoms with Gasteiger partial charge in [-0.1, -0.05) is 23.7 Å². The lowest BCUT2D eigenvalue weighted by Crippen LogP contribution is -2.45. The van der Waals surface area contributed by atoms with Gasteiger partial charge in [-0.25, -0.2) is 12.8 Å². The molecule has 0 aliphatic rings. The number of nitrogens with one attached hydrogen (secondary N) is 1. The van der Waals surface area contributed by atoms with Gasteiger partial charge in [-0.3, -0.25) is 9.10 Å². The predicted octanol–water partition coefficient (Wildman–Crippen LogP) is 3.58. The molecular formula is C17H18ClFN2O3S. The first-order chi connectivity index (χ1) is 11.6. The van der Waals surface area contributed by atoms with E-state index in [4.69, 9.17) is 11.6 Å². The number of carbonyl (C=O) groups excluding carboxylic acids is 1. The number of amides is 1. The number of nitrogens with zero attached hydrogens (tertiary/aromatic N) is 1. The summed E-state index contributed by atoms with van der Waals surface area (Å²) in [7, 11) is -3.70. The van der Waals surface area contributed by atoms with Gasteiger partial charge in [0, 0.05) is 5.69 Å². The first kappa shape index (κ1) is 19.2. The normalized spacial score (nSPS) is 12.5. The quantitative estimate of drug-likeness (QED) is 0.856. The predicted molar refractivity (Wildman–Crippen MR) is 98.0 cm³/mol. The van der Waals surface area contributed by atoms with E-state index >= 15 is 0 Å². The topological polar surface area (TPSA) is 66.5 Å². The van der Waals surface area contributed by atoms with E-state index in [-0.39, 0.29) is 10.7 Å². The molecule has 1 amide bonds. The SMILES string of the molecule is Cc1cccc(N([C@@H](C)C(=O)Nc2ccc(F)c(Cl)c2)S(C)(=O)=O)c1. The average molecular weight is 385 g/mol. The van der Waals surface area contributed by atoms with Gasteiger partial charge in [0.25, 0.3) is 0 Å². The lowest BCUT2D eigenvalue weighted by Gasteiger charge is -2.28. The van der Waals surface area contributed by atoms with Gasteiger partial charge >= 0.3 is 0 Å². The fourth-order valence-electron chi connectivity index (χ4n) is 2.39. The minimum absolute atomic E-state index is 0.135. The summed E-state index contributed by atoms with van der Waals surface area (Å²) in [5, 5.41) is 2.42. The third-order valence-electron chi connectivity index (χ3n) is 3.53. The van der Waals surface area contributed by atoms with Crippen LogP contribution in [-0.4, -0.2) is 26.6 Å². The number of benzene rings is 2. The maximum absolute atomic E-state index is 13.2. The van der Waals surface area contributed by atoms with Crippen molar-refractivity contribution in [1.29, 1.82) is 0 Å². The third-order valence-corrected chi connectivity index (χ3v) is 5.06. The summed E-state index contributed by atoms with van der Waals surface area (Å²) in [4.78, 5) is 12.5. The van der Waals surface area contributed by atoms with E-state index in [0.717, 1.165) is 22.2 Å². The van der Waals surface area contributed by atoms with Gasteiger partial charge in [0.15, 0.2) is 0 Å². The van der Waals surface area contributed by atoms with Crippen molar-refractivity contribution in [3.63, 3.8) is 0 Å². The average Bonchev–Trinajstić information content (AvgIpc) is 2.49. The van der Waals surface area contributed by atoms with Crippen molar-refractivity contribution >= 4 is 38.9 Å². The number of hydrogen-bond acceptors (Lipinski definition) is 3. The minimum atomic E-state index is -3.70. The summed E-state index contributed by atoms with van der Waals surface area (Å²) in [5.74, 6) is -1.17. The highest BCUT2D eigenvalue weighted by molar-refractivity contribution is 7.92. The van der Waals surface area contributed by atoms with Crippen LogP contribution in [0.5, 0.6) is 0 Å². The summed E-state index contributed by atoms with van der Waals surface area (Å²) >= 11 is 5.69. The number of anilines is 2. The van der Waals surface area contributed by atoms with E-state index in [9.17, 15) is 17.6 Å². The zero-order valence-corrected chi connectivity index (χ0v) is 15.5. The molecule has 2 aromatic rings. The largest absolute Gasteiger partial charge is 0.324 e. The zero-order valence-electron chi connectivity index (χ0n) is 14.0. The van der Waals surface area contributed by atoms with Gasteiger partial charge in [-0.05, 0) is 49.7 Å². The number of carbonyl (C=O) groups is 1. The van der Waals surface area contributed by atoms with Crippen LogP contribution >= 0.6 is 11.6 Å². The molecule has 1 atom stereocenters. The minimum Gasteiger partial charge on any atom is -0.324 e. The molecule has 5 nitrogen and oxygen atoms in total. The lowest BCUT2D eigenvalue weighted by molar-refractivity contribution is -0.116. The second-order valence-corrected chi connectivity index (χ2v) is 7.96. The van der Waals surface area contributed by atoms with Crippen molar-refractivity contribution in [3.8, 4) is 0 Å². The van der Waals surface area contributed by atoms with Crippen molar-refractivity contribution in [2.24, 2.45) is 0 Å². The number of sulfonamides is 1. The molecule has 0 aromatic heterocycles. The van der Waals surface area contributed by atoms with Crippen LogP contribution in [0.4, 0.5) is 15.8 Å². The smallest absolute Gasteiger partial charge is 0.247 e. The van der Waals surface area contributed by atoms with Crippen molar-refractivity contribution in [3.05, 3.63) is 58.9 Å². The van der Waals surface area contributed by atoms with Crippen LogP contribution in [0.25, 0.3) is 0 Å². The molecule has 2 rings (SSSR count). The van der Waals surface area contributed by atoms with Crippen LogP contribution in [0.2, 0.25) is 5.02 Å². The molecule has 2 aromatic carbocycles. The van der Waals surface area contributed by atoms with Gasteiger partial charge in [-0.2, -0.15) is 0 Å². The van der Waals surface area contributed by atoms with E-state index in [2.05, 4.69) is 5.32 Å². The zero-order chi connectivity index (χ0) is 18.8. The molecule has 0 unspecified atom stereocenters.